The van der Waals surface area contributed by atoms with Crippen LogP contribution in [0.2, 0.25) is 0 Å². The SMILES string of the molecule is CCN(CC)c1ccc(C[NH2+]C2CCCCC2)cc1. The second kappa shape index (κ2) is 7.54. The molecule has 2 N–H and O–H groups in total. The molecule has 2 rings (SSSR count). The number of anilines is 1. The van der Waals surface area contributed by atoms with Crippen LogP contribution in [0.5, 0.6) is 0 Å². The first-order chi connectivity index (χ1) is 9.33. The fourth-order valence-corrected chi connectivity index (χ4v) is 3.10. The highest BCUT2D eigenvalue weighted by atomic mass is 15.1. The average molecular weight is 261 g/mol. The minimum absolute atomic E-state index is 0.871. The van der Waals surface area contributed by atoms with E-state index in [0.717, 1.165) is 25.7 Å². The smallest absolute Gasteiger partial charge is 0.101 e. The molecule has 2 nitrogen and oxygen atoms in total. The Morgan fingerprint density at radius 1 is 1.00 bits per heavy atom. The maximum Gasteiger partial charge on any atom is 0.101 e. The molecule has 106 valence electrons. The maximum absolute atomic E-state index is 2.55. The second-order valence-electron chi connectivity index (χ2n) is 5.68. The summed E-state index contributed by atoms with van der Waals surface area (Å²) in [6.45, 7) is 7.75. The molecule has 1 aliphatic carbocycles. The van der Waals surface area contributed by atoms with Crippen molar-refractivity contribution in [2.75, 3.05) is 18.0 Å². The Kier molecular flexibility index (Phi) is 5.71. The predicted molar refractivity (Wildman–Crippen MR) is 82.5 cm³/mol. The van der Waals surface area contributed by atoms with Crippen molar-refractivity contribution in [3.63, 3.8) is 0 Å². The standard InChI is InChI=1S/C17H28N2/c1-3-19(4-2)17-12-10-15(11-13-17)14-18-16-8-6-5-7-9-16/h10-13,16,18H,3-9,14H2,1-2H3/p+1. The maximum atomic E-state index is 2.55. The summed E-state index contributed by atoms with van der Waals surface area (Å²) in [7, 11) is 0. The zero-order valence-corrected chi connectivity index (χ0v) is 12.6. The molecule has 1 aliphatic rings. The highest BCUT2D eigenvalue weighted by Gasteiger charge is 2.15. The molecule has 1 saturated carbocycles. The molecular formula is C17H29N2+. The van der Waals surface area contributed by atoms with Crippen LogP contribution in [0.25, 0.3) is 0 Å². The van der Waals surface area contributed by atoms with Gasteiger partial charge in [-0.25, -0.2) is 0 Å². The third-order valence-corrected chi connectivity index (χ3v) is 4.40. The molecule has 0 radical (unpaired) electrons. The minimum atomic E-state index is 0.871. The van der Waals surface area contributed by atoms with Crippen molar-refractivity contribution in [1.82, 2.24) is 0 Å². The van der Waals surface area contributed by atoms with Crippen LogP contribution in [0.3, 0.4) is 0 Å². The average Bonchev–Trinajstić information content (AvgIpc) is 2.49. The van der Waals surface area contributed by atoms with E-state index < -0.39 is 0 Å². The Labute approximate surface area is 118 Å². The van der Waals surface area contributed by atoms with Crippen LogP contribution in [0, 0.1) is 0 Å². The van der Waals surface area contributed by atoms with Gasteiger partial charge in [0, 0.05) is 24.3 Å². The molecule has 1 aromatic carbocycles. The summed E-state index contributed by atoms with van der Waals surface area (Å²) in [6, 6.07) is 10.0. The molecule has 0 spiro atoms. The number of benzene rings is 1. The zero-order valence-electron chi connectivity index (χ0n) is 12.6. The van der Waals surface area contributed by atoms with E-state index >= 15 is 0 Å². The lowest BCUT2D eigenvalue weighted by Crippen LogP contribution is -2.88. The number of nitrogens with zero attached hydrogens (tertiary/aromatic N) is 1. The minimum Gasteiger partial charge on any atom is -0.372 e. The van der Waals surface area contributed by atoms with Gasteiger partial charge in [-0.05, 0) is 51.7 Å². The van der Waals surface area contributed by atoms with Gasteiger partial charge in [0.2, 0.25) is 0 Å². The molecule has 0 heterocycles. The highest BCUT2D eigenvalue weighted by Crippen LogP contribution is 2.16. The Balaban J connectivity index is 1.84. The van der Waals surface area contributed by atoms with Gasteiger partial charge < -0.3 is 10.2 Å². The van der Waals surface area contributed by atoms with Gasteiger partial charge in [0.1, 0.15) is 6.54 Å². The Morgan fingerprint density at radius 2 is 1.63 bits per heavy atom. The zero-order chi connectivity index (χ0) is 13.5. The summed E-state index contributed by atoms with van der Waals surface area (Å²) in [5.74, 6) is 0. The molecular weight excluding hydrogens is 232 g/mol. The number of hydrogen-bond donors (Lipinski definition) is 1. The van der Waals surface area contributed by atoms with Gasteiger partial charge in [-0.15, -0.1) is 0 Å². The summed E-state index contributed by atoms with van der Waals surface area (Å²) in [6.07, 6.45) is 7.14. The third-order valence-electron chi connectivity index (χ3n) is 4.40. The summed E-state index contributed by atoms with van der Waals surface area (Å²) < 4.78 is 0. The Bertz CT molecular complexity index is 348. The first-order valence-electron chi connectivity index (χ1n) is 8.00. The fourth-order valence-electron chi connectivity index (χ4n) is 3.10. The van der Waals surface area contributed by atoms with Gasteiger partial charge in [0.15, 0.2) is 0 Å². The van der Waals surface area contributed by atoms with Gasteiger partial charge in [-0.2, -0.15) is 0 Å². The number of quaternary nitrogens is 1. The second-order valence-corrected chi connectivity index (χ2v) is 5.68. The van der Waals surface area contributed by atoms with Crippen LogP contribution >= 0.6 is 0 Å². The summed E-state index contributed by atoms with van der Waals surface area (Å²) >= 11 is 0. The van der Waals surface area contributed by atoms with Crippen LogP contribution in [0.4, 0.5) is 5.69 Å². The molecule has 0 amide bonds. The largest absolute Gasteiger partial charge is 0.372 e. The van der Waals surface area contributed by atoms with Crippen LogP contribution in [-0.4, -0.2) is 19.1 Å². The highest BCUT2D eigenvalue weighted by molar-refractivity contribution is 5.47. The van der Waals surface area contributed by atoms with E-state index in [1.807, 2.05) is 0 Å². The Hall–Kier alpha value is -1.02. The Morgan fingerprint density at radius 3 is 2.21 bits per heavy atom. The van der Waals surface area contributed by atoms with Crippen molar-refractivity contribution >= 4 is 5.69 Å². The van der Waals surface area contributed by atoms with Crippen LogP contribution in [-0.2, 0) is 6.54 Å². The van der Waals surface area contributed by atoms with E-state index in [9.17, 15) is 0 Å². The lowest BCUT2D eigenvalue weighted by Gasteiger charge is -2.22. The summed E-state index contributed by atoms with van der Waals surface area (Å²) in [4.78, 5) is 2.40. The van der Waals surface area contributed by atoms with Gasteiger partial charge >= 0.3 is 0 Å². The van der Waals surface area contributed by atoms with E-state index in [1.165, 1.54) is 43.4 Å². The molecule has 0 atom stereocenters. The molecule has 1 fully saturated rings. The monoisotopic (exact) mass is 261 g/mol. The summed E-state index contributed by atoms with van der Waals surface area (Å²) in [5, 5.41) is 2.55. The fraction of sp³-hybridized carbons (Fsp3) is 0.647. The van der Waals surface area contributed by atoms with E-state index in [2.05, 4.69) is 48.3 Å². The van der Waals surface area contributed by atoms with E-state index in [-0.39, 0.29) is 0 Å². The molecule has 0 saturated heterocycles. The first kappa shape index (κ1) is 14.4. The van der Waals surface area contributed by atoms with Crippen LogP contribution < -0.4 is 10.2 Å². The van der Waals surface area contributed by atoms with Crippen molar-refractivity contribution in [2.45, 2.75) is 58.5 Å². The van der Waals surface area contributed by atoms with Crippen molar-refractivity contribution in [1.29, 1.82) is 0 Å². The topological polar surface area (TPSA) is 19.9 Å². The molecule has 0 unspecified atom stereocenters. The lowest BCUT2D eigenvalue weighted by atomic mass is 9.95. The van der Waals surface area contributed by atoms with Crippen molar-refractivity contribution in [2.24, 2.45) is 0 Å². The van der Waals surface area contributed by atoms with Gasteiger partial charge in [-0.1, -0.05) is 18.6 Å². The number of hydrogen-bond acceptors (Lipinski definition) is 1. The third kappa shape index (κ3) is 4.24. The number of nitrogens with two attached hydrogens (primary N) is 1. The predicted octanol–water partition coefficient (Wildman–Crippen LogP) is 2.93. The van der Waals surface area contributed by atoms with Crippen LogP contribution in [0.1, 0.15) is 51.5 Å². The quantitative estimate of drug-likeness (QED) is 0.834. The lowest BCUT2D eigenvalue weighted by molar-refractivity contribution is -0.706. The summed E-state index contributed by atoms with van der Waals surface area (Å²) in [5.41, 5.74) is 2.81. The van der Waals surface area contributed by atoms with E-state index in [4.69, 9.17) is 0 Å². The van der Waals surface area contributed by atoms with Gasteiger partial charge in [0.25, 0.3) is 0 Å². The van der Waals surface area contributed by atoms with E-state index in [1.54, 1.807) is 0 Å². The molecule has 0 aromatic heterocycles. The normalized spacial score (nSPS) is 16.5. The van der Waals surface area contributed by atoms with Gasteiger partial charge in [0.05, 0.1) is 6.04 Å². The molecule has 19 heavy (non-hydrogen) atoms. The molecule has 0 bridgehead atoms. The van der Waals surface area contributed by atoms with E-state index in [0.29, 0.717) is 0 Å². The number of rotatable bonds is 6. The first-order valence-corrected chi connectivity index (χ1v) is 8.00. The van der Waals surface area contributed by atoms with Crippen molar-refractivity contribution in [3.05, 3.63) is 29.8 Å². The molecule has 1 aromatic rings. The molecule has 2 heteroatoms. The van der Waals surface area contributed by atoms with Gasteiger partial charge in [-0.3, -0.25) is 0 Å². The van der Waals surface area contributed by atoms with Crippen molar-refractivity contribution in [3.8, 4) is 0 Å². The van der Waals surface area contributed by atoms with Crippen molar-refractivity contribution < 1.29 is 5.32 Å². The molecule has 0 aliphatic heterocycles. The van der Waals surface area contributed by atoms with Crippen LogP contribution in [0.15, 0.2) is 24.3 Å².